The molecule has 0 unspecified atom stereocenters. The molecule has 0 saturated heterocycles. The summed E-state index contributed by atoms with van der Waals surface area (Å²) in [5.74, 6) is -0.177. The molecule has 1 N–H and O–H groups in total. The molecule has 2 aliphatic heterocycles. The van der Waals surface area contributed by atoms with Gasteiger partial charge < -0.3 is 4.57 Å². The van der Waals surface area contributed by atoms with Crippen LogP contribution in [0.1, 0.15) is 36.4 Å². The van der Waals surface area contributed by atoms with Crippen LogP contribution in [0, 0.1) is 19.3 Å². The largest absolute Gasteiger partial charge is 0.318 e. The summed E-state index contributed by atoms with van der Waals surface area (Å²) in [6.45, 7) is 8.21. The summed E-state index contributed by atoms with van der Waals surface area (Å²) in [6.07, 6.45) is 4.60. The molecule has 0 fully saturated rings. The van der Waals surface area contributed by atoms with Crippen LogP contribution in [-0.2, 0) is 11.2 Å². The molecule has 142 valence electrons. The lowest BCUT2D eigenvalue weighted by Crippen LogP contribution is -2.35. The van der Waals surface area contributed by atoms with Gasteiger partial charge in [0.05, 0.1) is 5.57 Å². The summed E-state index contributed by atoms with van der Waals surface area (Å²) >= 11 is 1.42. The van der Waals surface area contributed by atoms with E-state index in [1.807, 2.05) is 26.1 Å². The summed E-state index contributed by atoms with van der Waals surface area (Å²) in [5.41, 5.74) is 5.82. The molecule has 28 heavy (non-hydrogen) atoms. The van der Waals surface area contributed by atoms with Crippen molar-refractivity contribution < 1.29 is 4.79 Å². The Hall–Kier alpha value is -2.86. The number of benzene rings is 1. The van der Waals surface area contributed by atoms with E-state index in [1.54, 1.807) is 11.0 Å². The van der Waals surface area contributed by atoms with Gasteiger partial charge in [-0.3, -0.25) is 15.1 Å². The fraction of sp³-hybridized carbons (Fsp3) is 0.227. The lowest BCUT2D eigenvalue weighted by molar-refractivity contribution is -0.114. The minimum Gasteiger partial charge on any atom is -0.318 e. The van der Waals surface area contributed by atoms with Crippen molar-refractivity contribution in [3.05, 3.63) is 69.5 Å². The third-order valence-electron chi connectivity index (χ3n) is 5.08. The molecule has 0 radical (unpaired) electrons. The van der Waals surface area contributed by atoms with E-state index in [1.165, 1.54) is 17.3 Å². The van der Waals surface area contributed by atoms with Gasteiger partial charge in [0.15, 0.2) is 5.17 Å². The topological polar surface area (TPSA) is 61.5 Å². The average Bonchev–Trinajstić information content (AvgIpc) is 3.17. The first-order valence-corrected chi connectivity index (χ1v) is 10.1. The van der Waals surface area contributed by atoms with Crippen LogP contribution in [0.2, 0.25) is 0 Å². The summed E-state index contributed by atoms with van der Waals surface area (Å²) in [7, 11) is 0. The highest BCUT2D eigenvalue weighted by Gasteiger charge is 2.33. The predicted molar refractivity (Wildman–Crippen MR) is 116 cm³/mol. The number of aliphatic imine (C=N–C) groups is 1. The van der Waals surface area contributed by atoms with Gasteiger partial charge >= 0.3 is 0 Å². The van der Waals surface area contributed by atoms with Gasteiger partial charge in [0.1, 0.15) is 5.84 Å². The van der Waals surface area contributed by atoms with Crippen LogP contribution in [-0.4, -0.2) is 26.4 Å². The average molecular weight is 391 g/mol. The van der Waals surface area contributed by atoms with Gasteiger partial charge in [-0.2, -0.15) is 4.99 Å². The van der Waals surface area contributed by atoms with Gasteiger partial charge in [0, 0.05) is 28.2 Å². The van der Waals surface area contributed by atoms with Gasteiger partial charge in [-0.25, -0.2) is 0 Å². The molecule has 0 saturated carbocycles. The first-order valence-electron chi connectivity index (χ1n) is 9.27. The molecule has 1 aromatic carbocycles. The highest BCUT2D eigenvalue weighted by Crippen LogP contribution is 2.33. The highest BCUT2D eigenvalue weighted by molar-refractivity contribution is 8.17. The van der Waals surface area contributed by atoms with Crippen LogP contribution in [0.5, 0.6) is 0 Å². The lowest BCUT2D eigenvalue weighted by Gasteiger charge is -2.22. The minimum absolute atomic E-state index is 0.179. The number of nitrogens with one attached hydrogen (secondary N) is 1. The number of hydrogen-bond acceptors (Lipinski definition) is 3. The molecule has 1 amide bonds. The molecule has 3 heterocycles. The maximum atomic E-state index is 12.6. The van der Waals surface area contributed by atoms with Crippen LogP contribution in [0.4, 0.5) is 0 Å². The Morgan fingerprint density at radius 2 is 1.96 bits per heavy atom. The molecule has 1 aromatic heterocycles. The standard InChI is InChI=1S/C22H22N4OS/c1-5-16-8-6-7-9-19(16)26-13(2)10-17(15(26)4)11-18-20(23)25-12-14(3)28-22(25)24-21(18)27/h6-12,23H,5H2,1-4H3. The highest BCUT2D eigenvalue weighted by atomic mass is 32.2. The van der Waals surface area contributed by atoms with Gasteiger partial charge in [-0.05, 0) is 56.5 Å². The van der Waals surface area contributed by atoms with Crippen LogP contribution in [0.3, 0.4) is 0 Å². The molecule has 6 heteroatoms. The Morgan fingerprint density at radius 1 is 1.21 bits per heavy atom. The normalized spacial score (nSPS) is 17.9. The summed E-state index contributed by atoms with van der Waals surface area (Å²) in [4.78, 5) is 19.4. The maximum Gasteiger partial charge on any atom is 0.283 e. The Kier molecular flexibility index (Phi) is 4.59. The van der Waals surface area contributed by atoms with E-state index >= 15 is 0 Å². The third kappa shape index (κ3) is 2.94. The zero-order valence-corrected chi connectivity index (χ0v) is 17.2. The van der Waals surface area contributed by atoms with E-state index in [4.69, 9.17) is 5.41 Å². The van der Waals surface area contributed by atoms with Crippen LogP contribution in [0.25, 0.3) is 11.8 Å². The second-order valence-corrected chi connectivity index (χ2v) is 8.18. The van der Waals surface area contributed by atoms with Crippen LogP contribution < -0.4 is 0 Å². The number of rotatable bonds is 3. The number of thioether (sulfide) groups is 1. The number of carbonyl (C=O) groups is 1. The molecule has 0 spiro atoms. The molecule has 0 aliphatic carbocycles. The molecule has 5 nitrogen and oxygen atoms in total. The van der Waals surface area contributed by atoms with Crippen molar-refractivity contribution in [3.63, 3.8) is 0 Å². The summed E-state index contributed by atoms with van der Waals surface area (Å²) in [6, 6.07) is 10.4. The van der Waals surface area contributed by atoms with Crippen molar-refractivity contribution in [1.82, 2.24) is 9.47 Å². The number of aromatic nitrogens is 1. The summed E-state index contributed by atoms with van der Waals surface area (Å²) < 4.78 is 2.21. The fourth-order valence-corrected chi connectivity index (χ4v) is 4.51. The number of amides is 1. The van der Waals surface area contributed by atoms with Crippen LogP contribution >= 0.6 is 11.8 Å². The van der Waals surface area contributed by atoms with E-state index in [0.717, 1.165) is 34.0 Å². The fourth-order valence-electron chi connectivity index (χ4n) is 3.69. The van der Waals surface area contributed by atoms with Gasteiger partial charge in [-0.1, -0.05) is 36.9 Å². The SMILES string of the molecule is CCc1ccccc1-n1c(C)cc(C=C2C(=N)N3C=C(C)SC3=NC2=O)c1C. The first kappa shape index (κ1) is 18.5. The predicted octanol–water partition coefficient (Wildman–Crippen LogP) is 4.82. The van der Waals surface area contributed by atoms with E-state index < -0.39 is 0 Å². The number of fused-ring (bicyclic) bond motifs is 1. The first-order chi connectivity index (χ1) is 13.4. The molecule has 0 bridgehead atoms. The van der Waals surface area contributed by atoms with Gasteiger partial charge in [-0.15, -0.1) is 0 Å². The molecular weight excluding hydrogens is 368 g/mol. The number of hydrogen-bond donors (Lipinski definition) is 1. The second kappa shape index (κ2) is 6.95. The molecule has 2 aliphatic rings. The number of amidine groups is 2. The van der Waals surface area contributed by atoms with Crippen molar-refractivity contribution in [2.45, 2.75) is 34.1 Å². The Morgan fingerprint density at radius 3 is 2.71 bits per heavy atom. The van der Waals surface area contributed by atoms with Crippen molar-refractivity contribution in [3.8, 4) is 5.69 Å². The molecular formula is C22H22N4OS. The number of carbonyl (C=O) groups excluding carboxylic acids is 1. The molecule has 2 aromatic rings. The zero-order chi connectivity index (χ0) is 20.0. The van der Waals surface area contributed by atoms with Crippen molar-refractivity contribution in [2.75, 3.05) is 0 Å². The third-order valence-corrected chi connectivity index (χ3v) is 5.97. The van der Waals surface area contributed by atoms with Gasteiger partial charge in [0.2, 0.25) is 0 Å². The Labute approximate surface area is 169 Å². The smallest absolute Gasteiger partial charge is 0.283 e. The number of allylic oxidation sites excluding steroid dienone is 1. The molecule has 4 rings (SSSR count). The zero-order valence-electron chi connectivity index (χ0n) is 16.4. The number of nitrogens with zero attached hydrogens (tertiary/aromatic N) is 3. The van der Waals surface area contributed by atoms with E-state index in [2.05, 4.69) is 47.7 Å². The maximum absolute atomic E-state index is 12.6. The second-order valence-electron chi connectivity index (χ2n) is 6.96. The number of aryl methyl sites for hydroxylation is 2. The lowest BCUT2D eigenvalue weighted by atomic mass is 10.1. The van der Waals surface area contributed by atoms with E-state index in [-0.39, 0.29) is 11.7 Å². The van der Waals surface area contributed by atoms with Crippen LogP contribution in [0.15, 0.2) is 52.0 Å². The molecule has 0 atom stereocenters. The van der Waals surface area contributed by atoms with Gasteiger partial charge in [0.25, 0.3) is 5.91 Å². The summed E-state index contributed by atoms with van der Waals surface area (Å²) in [5, 5.41) is 9.06. The minimum atomic E-state index is -0.356. The van der Waals surface area contributed by atoms with E-state index in [9.17, 15) is 4.79 Å². The van der Waals surface area contributed by atoms with Crippen molar-refractivity contribution in [2.24, 2.45) is 4.99 Å². The van der Waals surface area contributed by atoms with E-state index in [0.29, 0.717) is 10.7 Å². The number of para-hydroxylation sites is 1. The Balaban J connectivity index is 1.80. The Bertz CT molecular complexity index is 1100. The monoisotopic (exact) mass is 390 g/mol. The van der Waals surface area contributed by atoms with Crippen molar-refractivity contribution >= 4 is 34.7 Å². The van der Waals surface area contributed by atoms with Crippen molar-refractivity contribution in [1.29, 1.82) is 5.41 Å². The quantitative estimate of drug-likeness (QED) is 0.764.